The molecule has 90 valence electrons. The quantitative estimate of drug-likeness (QED) is 0.777. The van der Waals surface area contributed by atoms with Crippen molar-refractivity contribution >= 4 is 21.8 Å². The second-order valence-electron chi connectivity index (χ2n) is 5.27. The molecule has 2 bridgehead atoms. The number of nitrogens with zero attached hydrogens (tertiary/aromatic N) is 1. The smallest absolute Gasteiger partial charge is 0.255 e. The molecule has 1 aliphatic heterocycles. The van der Waals surface area contributed by atoms with Gasteiger partial charge in [0.05, 0.1) is 5.56 Å². The highest BCUT2D eigenvalue weighted by Gasteiger charge is 2.40. The number of hydrogen-bond donors (Lipinski definition) is 0. The van der Waals surface area contributed by atoms with Gasteiger partial charge in [0.2, 0.25) is 0 Å². The van der Waals surface area contributed by atoms with E-state index in [1.165, 1.54) is 24.8 Å². The van der Waals surface area contributed by atoms with Crippen molar-refractivity contribution in [1.82, 2.24) is 4.90 Å². The Kier molecular flexibility index (Phi) is 2.74. The average Bonchev–Trinajstić information content (AvgIpc) is 2.89. The maximum atomic E-state index is 12.5. The first-order valence-corrected chi connectivity index (χ1v) is 7.01. The fraction of sp³-hybridized carbons (Fsp3) is 0.500. The van der Waals surface area contributed by atoms with Crippen molar-refractivity contribution in [3.8, 4) is 0 Å². The Balaban J connectivity index is 1.87. The minimum atomic E-state index is 0.198. The molecule has 1 aliphatic carbocycles. The van der Waals surface area contributed by atoms with E-state index in [9.17, 15) is 4.79 Å². The van der Waals surface area contributed by atoms with Gasteiger partial charge in [0.25, 0.3) is 5.91 Å². The van der Waals surface area contributed by atoms with E-state index >= 15 is 0 Å². The predicted molar refractivity (Wildman–Crippen MR) is 71.0 cm³/mol. The van der Waals surface area contributed by atoms with Crippen LogP contribution in [0.5, 0.6) is 0 Å². The Morgan fingerprint density at radius 3 is 2.82 bits per heavy atom. The summed E-state index contributed by atoms with van der Waals surface area (Å²) in [4.78, 5) is 14.5. The fourth-order valence-electron chi connectivity index (χ4n) is 3.12. The molecule has 1 heterocycles. The molecule has 1 aromatic rings. The molecule has 2 unspecified atom stereocenters. The lowest BCUT2D eigenvalue weighted by molar-refractivity contribution is 0.0702. The van der Waals surface area contributed by atoms with Crippen LogP contribution >= 0.6 is 15.9 Å². The van der Waals surface area contributed by atoms with Crippen molar-refractivity contribution < 1.29 is 4.79 Å². The highest BCUT2D eigenvalue weighted by molar-refractivity contribution is 9.10. The molecule has 2 nitrogen and oxygen atoms in total. The second-order valence-corrected chi connectivity index (χ2v) is 6.13. The molecule has 17 heavy (non-hydrogen) atoms. The van der Waals surface area contributed by atoms with E-state index in [1.807, 2.05) is 25.1 Å². The van der Waals surface area contributed by atoms with Crippen LogP contribution in [0.2, 0.25) is 0 Å². The van der Waals surface area contributed by atoms with Crippen LogP contribution < -0.4 is 0 Å². The van der Waals surface area contributed by atoms with E-state index < -0.39 is 0 Å². The summed E-state index contributed by atoms with van der Waals surface area (Å²) in [7, 11) is 0. The number of carbonyl (C=O) groups is 1. The van der Waals surface area contributed by atoms with E-state index in [4.69, 9.17) is 0 Å². The molecular formula is C14H16BrNO. The first-order chi connectivity index (χ1) is 8.15. The first-order valence-electron chi connectivity index (χ1n) is 6.22. The number of fused-ring (bicyclic) bond motifs is 2. The van der Waals surface area contributed by atoms with E-state index in [0.717, 1.165) is 22.5 Å². The summed E-state index contributed by atoms with van der Waals surface area (Å²) in [6.45, 7) is 3.00. The number of rotatable bonds is 1. The maximum absolute atomic E-state index is 12.5. The summed E-state index contributed by atoms with van der Waals surface area (Å²) in [5.41, 5.74) is 1.99. The number of carbonyl (C=O) groups excluding carboxylic acids is 1. The van der Waals surface area contributed by atoms with Crippen molar-refractivity contribution in [2.75, 3.05) is 6.54 Å². The number of benzene rings is 1. The Morgan fingerprint density at radius 2 is 2.24 bits per heavy atom. The van der Waals surface area contributed by atoms with Crippen LogP contribution in [0.4, 0.5) is 0 Å². The van der Waals surface area contributed by atoms with Gasteiger partial charge >= 0.3 is 0 Å². The van der Waals surface area contributed by atoms with Crippen molar-refractivity contribution in [2.24, 2.45) is 5.92 Å². The molecule has 1 amide bonds. The van der Waals surface area contributed by atoms with Crippen molar-refractivity contribution in [3.05, 3.63) is 33.8 Å². The third-order valence-electron chi connectivity index (χ3n) is 4.03. The zero-order valence-corrected chi connectivity index (χ0v) is 11.5. The lowest BCUT2D eigenvalue weighted by atomic mass is 10.1. The molecule has 3 heteroatoms. The van der Waals surface area contributed by atoms with Gasteiger partial charge in [0.15, 0.2) is 0 Å². The molecular weight excluding hydrogens is 278 g/mol. The van der Waals surface area contributed by atoms with Crippen molar-refractivity contribution in [2.45, 2.75) is 32.2 Å². The molecule has 2 aliphatic rings. The number of halogens is 1. The van der Waals surface area contributed by atoms with Gasteiger partial charge in [0.1, 0.15) is 0 Å². The van der Waals surface area contributed by atoms with Gasteiger partial charge in [-0.25, -0.2) is 0 Å². The summed E-state index contributed by atoms with van der Waals surface area (Å²) >= 11 is 3.50. The van der Waals surface area contributed by atoms with E-state index in [0.29, 0.717) is 6.04 Å². The summed E-state index contributed by atoms with van der Waals surface area (Å²) in [6, 6.07) is 6.46. The molecule has 2 fully saturated rings. The fourth-order valence-corrected chi connectivity index (χ4v) is 3.78. The molecule has 3 rings (SSSR count). The topological polar surface area (TPSA) is 20.3 Å². The average molecular weight is 294 g/mol. The number of piperidine rings is 1. The predicted octanol–water partition coefficient (Wildman–Crippen LogP) is 3.38. The van der Waals surface area contributed by atoms with E-state index in [-0.39, 0.29) is 5.91 Å². The van der Waals surface area contributed by atoms with Gasteiger partial charge in [-0.3, -0.25) is 4.79 Å². The molecule has 2 atom stereocenters. The highest BCUT2D eigenvalue weighted by Crippen LogP contribution is 2.38. The number of aryl methyl sites for hydroxylation is 1. The molecule has 0 aromatic heterocycles. The van der Waals surface area contributed by atoms with Crippen LogP contribution in [0.25, 0.3) is 0 Å². The summed E-state index contributed by atoms with van der Waals surface area (Å²) < 4.78 is 0.922. The molecule has 1 aromatic carbocycles. The lowest BCUT2D eigenvalue weighted by Gasteiger charge is -2.27. The van der Waals surface area contributed by atoms with E-state index in [2.05, 4.69) is 20.8 Å². The Labute approximate surface area is 110 Å². The Bertz CT molecular complexity index is 471. The Hall–Kier alpha value is -0.830. The van der Waals surface area contributed by atoms with Crippen LogP contribution in [-0.4, -0.2) is 23.4 Å². The van der Waals surface area contributed by atoms with Crippen LogP contribution in [0.3, 0.4) is 0 Å². The summed E-state index contributed by atoms with van der Waals surface area (Å²) in [5, 5.41) is 0. The van der Waals surface area contributed by atoms with Gasteiger partial charge in [-0.1, -0.05) is 6.07 Å². The minimum absolute atomic E-state index is 0.198. The van der Waals surface area contributed by atoms with Crippen LogP contribution in [0, 0.1) is 12.8 Å². The van der Waals surface area contributed by atoms with Gasteiger partial charge in [0, 0.05) is 17.1 Å². The molecule has 0 N–H and O–H groups in total. The normalized spacial score (nSPS) is 26.6. The van der Waals surface area contributed by atoms with Gasteiger partial charge in [-0.2, -0.15) is 0 Å². The van der Waals surface area contributed by atoms with Crippen molar-refractivity contribution in [3.63, 3.8) is 0 Å². The third kappa shape index (κ3) is 1.90. The summed E-state index contributed by atoms with van der Waals surface area (Å²) in [6.07, 6.45) is 3.72. The molecule has 0 spiro atoms. The minimum Gasteiger partial charge on any atom is -0.335 e. The van der Waals surface area contributed by atoms with Gasteiger partial charge < -0.3 is 4.90 Å². The molecule has 1 saturated carbocycles. The van der Waals surface area contributed by atoms with Crippen LogP contribution in [0.15, 0.2) is 22.7 Å². The zero-order valence-electron chi connectivity index (χ0n) is 9.95. The number of hydrogen-bond acceptors (Lipinski definition) is 1. The first kappa shape index (κ1) is 11.3. The van der Waals surface area contributed by atoms with E-state index in [1.54, 1.807) is 0 Å². The maximum Gasteiger partial charge on any atom is 0.255 e. The highest BCUT2D eigenvalue weighted by atomic mass is 79.9. The Morgan fingerprint density at radius 1 is 1.41 bits per heavy atom. The standard InChI is InChI=1S/C14H16BrNO/c1-9-2-5-12(13(15)6-9)14(17)16-8-10-3-4-11(16)7-10/h2,5-6,10-11H,3-4,7-8H2,1H3. The van der Waals surface area contributed by atoms with Crippen LogP contribution in [-0.2, 0) is 0 Å². The number of likely N-dealkylation sites (tertiary alicyclic amines) is 1. The van der Waals surface area contributed by atoms with Crippen LogP contribution in [0.1, 0.15) is 35.2 Å². The molecule has 0 radical (unpaired) electrons. The third-order valence-corrected chi connectivity index (χ3v) is 4.68. The lowest BCUT2D eigenvalue weighted by Crippen LogP contribution is -2.37. The second kappa shape index (κ2) is 4.13. The summed E-state index contributed by atoms with van der Waals surface area (Å²) in [5.74, 6) is 0.956. The molecule has 1 saturated heterocycles. The van der Waals surface area contributed by atoms with Crippen molar-refractivity contribution in [1.29, 1.82) is 0 Å². The number of amides is 1. The van der Waals surface area contributed by atoms with Gasteiger partial charge in [-0.15, -0.1) is 0 Å². The zero-order chi connectivity index (χ0) is 12.0. The SMILES string of the molecule is Cc1ccc(C(=O)N2CC3CCC2C3)c(Br)c1. The van der Waals surface area contributed by atoms with Gasteiger partial charge in [-0.05, 0) is 65.7 Å². The largest absolute Gasteiger partial charge is 0.335 e. The monoisotopic (exact) mass is 293 g/mol.